The molecule has 2 amide bonds. The SMILES string of the molecule is C[C@@H](OC(=O)Cn1ccccc1=O)C(=O)N1CC(=O)Nc2ccccc21. The van der Waals surface area contributed by atoms with E-state index in [2.05, 4.69) is 5.32 Å². The highest BCUT2D eigenvalue weighted by atomic mass is 16.5. The highest BCUT2D eigenvalue weighted by Gasteiger charge is 2.31. The number of hydrogen-bond donors (Lipinski definition) is 1. The molecule has 0 saturated carbocycles. The molecule has 1 aliphatic heterocycles. The van der Waals surface area contributed by atoms with Crippen molar-refractivity contribution in [3.05, 3.63) is 59.0 Å². The molecule has 2 aromatic rings. The van der Waals surface area contributed by atoms with E-state index >= 15 is 0 Å². The van der Waals surface area contributed by atoms with E-state index in [9.17, 15) is 19.2 Å². The third-order valence-electron chi connectivity index (χ3n) is 3.89. The van der Waals surface area contributed by atoms with Gasteiger partial charge in [0.25, 0.3) is 11.5 Å². The minimum atomic E-state index is -1.10. The lowest BCUT2D eigenvalue weighted by atomic mass is 10.1. The fraction of sp³-hybridized carbons (Fsp3) is 0.222. The van der Waals surface area contributed by atoms with E-state index in [0.29, 0.717) is 11.4 Å². The number of carbonyl (C=O) groups excluding carboxylic acids is 3. The standard InChI is InChI=1S/C18H17N3O5/c1-12(26-17(24)11-20-9-5-4-8-16(20)23)18(25)21-10-15(22)19-13-6-2-3-7-14(13)21/h2-9,12H,10-11H2,1H3,(H,19,22)/t12-/m1/s1. The first-order valence-electron chi connectivity index (χ1n) is 8.01. The van der Waals surface area contributed by atoms with Crippen LogP contribution in [0, 0.1) is 0 Å². The summed E-state index contributed by atoms with van der Waals surface area (Å²) in [6.45, 7) is 0.980. The van der Waals surface area contributed by atoms with Crippen LogP contribution < -0.4 is 15.8 Å². The van der Waals surface area contributed by atoms with Gasteiger partial charge in [-0.15, -0.1) is 0 Å². The van der Waals surface area contributed by atoms with Crippen molar-refractivity contribution in [3.8, 4) is 0 Å². The summed E-state index contributed by atoms with van der Waals surface area (Å²) in [4.78, 5) is 49.4. The van der Waals surface area contributed by atoms with Crippen LogP contribution in [0.3, 0.4) is 0 Å². The van der Waals surface area contributed by atoms with E-state index < -0.39 is 18.0 Å². The Kier molecular flexibility index (Phi) is 4.83. The molecular weight excluding hydrogens is 338 g/mol. The first-order valence-corrected chi connectivity index (χ1v) is 8.01. The van der Waals surface area contributed by atoms with Crippen molar-refractivity contribution in [2.75, 3.05) is 16.8 Å². The highest BCUT2D eigenvalue weighted by Crippen LogP contribution is 2.29. The maximum absolute atomic E-state index is 12.7. The Bertz CT molecular complexity index is 921. The number of amides is 2. The number of para-hydroxylation sites is 2. The molecular formula is C18H17N3O5. The summed E-state index contributed by atoms with van der Waals surface area (Å²) in [6, 6.07) is 11.4. The van der Waals surface area contributed by atoms with Gasteiger partial charge in [-0.2, -0.15) is 0 Å². The van der Waals surface area contributed by atoms with Crippen LogP contribution in [-0.2, 0) is 25.7 Å². The lowest BCUT2D eigenvalue weighted by Crippen LogP contribution is -2.47. The Morgan fingerprint density at radius 1 is 1.15 bits per heavy atom. The topological polar surface area (TPSA) is 97.7 Å². The minimum Gasteiger partial charge on any atom is -0.451 e. The lowest BCUT2D eigenvalue weighted by Gasteiger charge is -2.30. The molecule has 0 fully saturated rings. The van der Waals surface area contributed by atoms with Crippen molar-refractivity contribution in [1.29, 1.82) is 0 Å². The molecule has 3 rings (SSSR count). The molecule has 0 saturated heterocycles. The second-order valence-electron chi connectivity index (χ2n) is 5.79. The molecule has 8 nitrogen and oxygen atoms in total. The van der Waals surface area contributed by atoms with Crippen LogP contribution in [0.15, 0.2) is 53.5 Å². The zero-order chi connectivity index (χ0) is 18.7. The van der Waals surface area contributed by atoms with Crippen LogP contribution >= 0.6 is 0 Å². The van der Waals surface area contributed by atoms with Crippen LogP contribution in [0.25, 0.3) is 0 Å². The van der Waals surface area contributed by atoms with Crippen molar-refractivity contribution in [3.63, 3.8) is 0 Å². The number of rotatable bonds is 4. The largest absolute Gasteiger partial charge is 0.451 e. The number of pyridine rings is 1. The van der Waals surface area contributed by atoms with Gasteiger partial charge in [0.15, 0.2) is 6.10 Å². The summed E-state index contributed by atoms with van der Waals surface area (Å²) in [5.41, 5.74) is 0.718. The Hall–Kier alpha value is -3.42. The van der Waals surface area contributed by atoms with E-state index in [-0.39, 0.29) is 24.6 Å². The number of esters is 1. The third kappa shape index (κ3) is 3.64. The third-order valence-corrected chi connectivity index (χ3v) is 3.89. The van der Waals surface area contributed by atoms with Crippen LogP contribution in [0.4, 0.5) is 11.4 Å². The summed E-state index contributed by atoms with van der Waals surface area (Å²) in [5.74, 6) is -1.55. The second kappa shape index (κ2) is 7.22. The fourth-order valence-corrected chi connectivity index (χ4v) is 2.66. The molecule has 1 aromatic carbocycles. The molecule has 134 valence electrons. The molecule has 1 aliphatic rings. The summed E-state index contributed by atoms with van der Waals surface area (Å²) in [7, 11) is 0. The van der Waals surface area contributed by atoms with Gasteiger partial charge in [-0.05, 0) is 25.1 Å². The molecule has 26 heavy (non-hydrogen) atoms. The average Bonchev–Trinajstić information content (AvgIpc) is 2.62. The number of aromatic nitrogens is 1. The van der Waals surface area contributed by atoms with Crippen LogP contribution in [0.2, 0.25) is 0 Å². The van der Waals surface area contributed by atoms with Gasteiger partial charge in [-0.1, -0.05) is 18.2 Å². The van der Waals surface area contributed by atoms with Crippen molar-refractivity contribution in [2.45, 2.75) is 19.6 Å². The van der Waals surface area contributed by atoms with Crippen LogP contribution in [0.1, 0.15) is 6.92 Å². The first-order chi connectivity index (χ1) is 12.5. The Labute approximate surface area is 149 Å². The van der Waals surface area contributed by atoms with Gasteiger partial charge in [0.05, 0.1) is 11.4 Å². The molecule has 0 spiro atoms. The number of hydrogen-bond acceptors (Lipinski definition) is 5. The number of benzene rings is 1. The van der Waals surface area contributed by atoms with Crippen molar-refractivity contribution >= 4 is 29.2 Å². The lowest BCUT2D eigenvalue weighted by molar-refractivity contribution is -0.154. The second-order valence-corrected chi connectivity index (χ2v) is 5.79. The van der Waals surface area contributed by atoms with E-state index in [0.717, 1.165) is 0 Å². The van der Waals surface area contributed by atoms with Gasteiger partial charge in [0, 0.05) is 12.3 Å². The van der Waals surface area contributed by atoms with Crippen molar-refractivity contribution < 1.29 is 19.1 Å². The molecule has 2 heterocycles. The zero-order valence-electron chi connectivity index (χ0n) is 14.0. The molecule has 8 heteroatoms. The molecule has 0 unspecified atom stereocenters. The van der Waals surface area contributed by atoms with E-state index in [1.807, 2.05) is 0 Å². The van der Waals surface area contributed by atoms with E-state index in [1.165, 1.54) is 28.7 Å². The van der Waals surface area contributed by atoms with Gasteiger partial charge in [0.1, 0.15) is 13.1 Å². The van der Waals surface area contributed by atoms with Gasteiger partial charge in [-0.3, -0.25) is 24.1 Å². The Morgan fingerprint density at radius 2 is 1.88 bits per heavy atom. The van der Waals surface area contributed by atoms with Crippen LogP contribution in [-0.4, -0.2) is 35.0 Å². The number of anilines is 2. The quantitative estimate of drug-likeness (QED) is 0.817. The van der Waals surface area contributed by atoms with Gasteiger partial charge < -0.3 is 14.6 Å². The zero-order valence-corrected chi connectivity index (χ0v) is 14.0. The highest BCUT2D eigenvalue weighted by molar-refractivity contribution is 6.11. The number of nitrogens with one attached hydrogen (secondary N) is 1. The monoisotopic (exact) mass is 355 g/mol. The van der Waals surface area contributed by atoms with E-state index in [4.69, 9.17) is 4.74 Å². The smallest absolute Gasteiger partial charge is 0.326 e. The Morgan fingerprint density at radius 3 is 2.65 bits per heavy atom. The van der Waals surface area contributed by atoms with Gasteiger partial charge in [0.2, 0.25) is 5.91 Å². The maximum Gasteiger partial charge on any atom is 0.326 e. The summed E-state index contributed by atoms with van der Waals surface area (Å²) in [5, 5.41) is 2.68. The molecule has 1 atom stereocenters. The summed E-state index contributed by atoms with van der Waals surface area (Å²) < 4.78 is 6.34. The van der Waals surface area contributed by atoms with Crippen molar-refractivity contribution in [1.82, 2.24) is 4.57 Å². The Balaban J connectivity index is 1.70. The normalized spacial score (nSPS) is 14.2. The molecule has 0 aliphatic carbocycles. The minimum absolute atomic E-state index is 0.157. The molecule has 0 bridgehead atoms. The number of carbonyl (C=O) groups is 3. The summed E-state index contributed by atoms with van der Waals surface area (Å²) in [6.07, 6.45) is 0.363. The van der Waals surface area contributed by atoms with Crippen LogP contribution in [0.5, 0.6) is 0 Å². The van der Waals surface area contributed by atoms with Crippen molar-refractivity contribution in [2.24, 2.45) is 0 Å². The molecule has 1 aromatic heterocycles. The maximum atomic E-state index is 12.7. The van der Waals surface area contributed by atoms with E-state index in [1.54, 1.807) is 36.4 Å². The number of ether oxygens (including phenoxy) is 1. The molecule has 0 radical (unpaired) electrons. The first kappa shape index (κ1) is 17.4. The summed E-state index contributed by atoms with van der Waals surface area (Å²) >= 11 is 0. The predicted molar refractivity (Wildman–Crippen MR) is 93.7 cm³/mol. The average molecular weight is 355 g/mol. The number of nitrogens with zero attached hydrogens (tertiary/aromatic N) is 2. The fourth-order valence-electron chi connectivity index (χ4n) is 2.66. The predicted octanol–water partition coefficient (Wildman–Crippen LogP) is 0.765. The van der Waals surface area contributed by atoms with Gasteiger partial charge >= 0.3 is 5.97 Å². The number of fused-ring (bicyclic) bond motifs is 1. The molecule has 1 N–H and O–H groups in total. The van der Waals surface area contributed by atoms with Gasteiger partial charge in [-0.25, -0.2) is 0 Å².